The van der Waals surface area contributed by atoms with E-state index in [9.17, 15) is 18.4 Å². The first kappa shape index (κ1) is 28.1. The van der Waals surface area contributed by atoms with Crippen LogP contribution in [0.4, 0.5) is 8.78 Å². The number of hydrogen-bond donors (Lipinski definition) is 1. The van der Waals surface area contributed by atoms with Gasteiger partial charge < -0.3 is 14.4 Å². The predicted octanol–water partition coefficient (Wildman–Crippen LogP) is 4.70. The molecule has 0 radical (unpaired) electrons. The third-order valence-electron chi connectivity index (χ3n) is 5.39. The van der Waals surface area contributed by atoms with Crippen molar-refractivity contribution < 1.29 is 32.7 Å². The van der Waals surface area contributed by atoms with Crippen molar-refractivity contribution in [2.24, 2.45) is 0 Å². The van der Waals surface area contributed by atoms with E-state index in [4.69, 9.17) is 9.47 Å². The maximum atomic E-state index is 13.8. The van der Waals surface area contributed by atoms with Crippen molar-refractivity contribution in [2.45, 2.75) is 11.5 Å². The summed E-state index contributed by atoms with van der Waals surface area (Å²) in [4.78, 5) is 31.6. The molecule has 0 bridgehead atoms. The number of carbonyl (C=O) groups excluding carboxylic acids is 2. The van der Waals surface area contributed by atoms with E-state index in [-0.39, 0.29) is 32.2 Å². The van der Waals surface area contributed by atoms with Crippen molar-refractivity contribution in [1.82, 2.24) is 10.4 Å². The number of amides is 2. The van der Waals surface area contributed by atoms with Crippen LogP contribution in [0.5, 0.6) is 5.75 Å². The number of carbonyl (C=O) groups is 2. The average molecular weight is 531 g/mol. The summed E-state index contributed by atoms with van der Waals surface area (Å²) in [7, 11) is 2.84. The Kier molecular flexibility index (Phi) is 10.4. The lowest BCUT2D eigenvalue weighted by Crippen LogP contribution is -2.42. The molecule has 0 aliphatic carbocycles. The summed E-state index contributed by atoms with van der Waals surface area (Å²) < 4.78 is 38.3. The Labute approximate surface area is 218 Å². The first-order valence-electron chi connectivity index (χ1n) is 11.3. The molecule has 10 heteroatoms. The van der Waals surface area contributed by atoms with E-state index in [0.29, 0.717) is 21.8 Å². The second-order valence-electron chi connectivity index (χ2n) is 7.93. The number of rotatable bonds is 12. The molecular formula is C27H28F2N2O5S. The van der Waals surface area contributed by atoms with Crippen LogP contribution >= 0.6 is 11.8 Å². The number of methoxy groups -OCH3 is 1. The molecule has 3 aromatic rings. The van der Waals surface area contributed by atoms with E-state index in [2.05, 4.69) is 10.3 Å². The number of nitrogens with zero attached hydrogens (tertiary/aromatic N) is 1. The first-order valence-corrected chi connectivity index (χ1v) is 12.5. The molecule has 0 aliphatic heterocycles. The van der Waals surface area contributed by atoms with Crippen LogP contribution < -0.4 is 10.2 Å². The number of halogens is 2. The Morgan fingerprint density at radius 1 is 1.00 bits per heavy atom. The molecule has 196 valence electrons. The number of hydrogen-bond acceptors (Lipinski definition) is 6. The molecule has 0 aromatic heterocycles. The van der Waals surface area contributed by atoms with Gasteiger partial charge in [0.1, 0.15) is 18.9 Å². The minimum absolute atomic E-state index is 0.181. The standard InChI is InChI=1S/C27H28F2N2O5S/c1-34-12-11-31(16-26(32)30-35-2)27(33)20-6-4-5-18(13-20)17-36-21-9-7-19(8-10-21)22-14-23(28)24(29)15-25(22)37-3/h4-10,13-15H,11-12,16-17H2,1-3H3,(H,30,32). The van der Waals surface area contributed by atoms with Crippen LogP contribution in [0.3, 0.4) is 0 Å². The van der Waals surface area contributed by atoms with Crippen molar-refractivity contribution in [3.05, 3.63) is 83.4 Å². The average Bonchev–Trinajstić information content (AvgIpc) is 2.91. The van der Waals surface area contributed by atoms with Gasteiger partial charge in [-0.15, -0.1) is 11.8 Å². The highest BCUT2D eigenvalue weighted by Gasteiger charge is 2.19. The van der Waals surface area contributed by atoms with Crippen LogP contribution in [0.2, 0.25) is 0 Å². The largest absolute Gasteiger partial charge is 0.489 e. The van der Waals surface area contributed by atoms with Gasteiger partial charge in [-0.25, -0.2) is 14.3 Å². The van der Waals surface area contributed by atoms with E-state index >= 15 is 0 Å². The lowest BCUT2D eigenvalue weighted by atomic mass is 10.1. The molecule has 0 saturated heterocycles. The van der Waals surface area contributed by atoms with Gasteiger partial charge in [0.25, 0.3) is 11.8 Å². The monoisotopic (exact) mass is 530 g/mol. The minimum Gasteiger partial charge on any atom is -0.489 e. The normalized spacial score (nSPS) is 10.7. The van der Waals surface area contributed by atoms with Gasteiger partial charge in [0.2, 0.25) is 0 Å². The minimum atomic E-state index is -0.900. The van der Waals surface area contributed by atoms with Crippen LogP contribution in [-0.2, 0) is 21.0 Å². The second kappa shape index (κ2) is 13.7. The third kappa shape index (κ3) is 7.75. The van der Waals surface area contributed by atoms with Crippen LogP contribution in [-0.4, -0.2) is 56.9 Å². The molecule has 2 amide bonds. The lowest BCUT2D eigenvalue weighted by Gasteiger charge is -2.22. The van der Waals surface area contributed by atoms with Crippen LogP contribution in [0.15, 0.2) is 65.6 Å². The molecule has 7 nitrogen and oxygen atoms in total. The maximum absolute atomic E-state index is 13.8. The van der Waals surface area contributed by atoms with Crippen LogP contribution in [0.1, 0.15) is 15.9 Å². The summed E-state index contributed by atoms with van der Waals surface area (Å²) in [6, 6.07) is 16.4. The van der Waals surface area contributed by atoms with Gasteiger partial charge in [-0.1, -0.05) is 24.3 Å². The molecule has 3 rings (SSSR count). The lowest BCUT2D eigenvalue weighted by molar-refractivity contribution is -0.132. The SMILES string of the molecule is COCCN(CC(=O)NOC)C(=O)c1cccc(COc2ccc(-c3cc(F)c(F)cc3SC)cc2)c1. The molecule has 0 saturated carbocycles. The van der Waals surface area contributed by atoms with Crippen LogP contribution in [0.25, 0.3) is 11.1 Å². The number of thioether (sulfide) groups is 1. The Balaban J connectivity index is 1.69. The van der Waals surface area contributed by atoms with E-state index < -0.39 is 17.5 Å². The molecule has 0 unspecified atom stereocenters. The zero-order chi connectivity index (χ0) is 26.8. The predicted molar refractivity (Wildman–Crippen MR) is 137 cm³/mol. The van der Waals surface area contributed by atoms with Gasteiger partial charge in [0.05, 0.1) is 13.7 Å². The number of ether oxygens (including phenoxy) is 2. The van der Waals surface area contributed by atoms with Crippen LogP contribution in [0, 0.1) is 11.6 Å². The Morgan fingerprint density at radius 2 is 1.73 bits per heavy atom. The van der Waals surface area contributed by atoms with Crippen molar-refractivity contribution in [3.8, 4) is 16.9 Å². The number of hydroxylamine groups is 1. The van der Waals surface area contributed by atoms with E-state index in [1.165, 1.54) is 43.0 Å². The fourth-order valence-corrected chi connectivity index (χ4v) is 4.19. The summed E-state index contributed by atoms with van der Waals surface area (Å²) in [6.07, 6.45) is 1.80. The molecule has 0 aliphatic rings. The van der Waals surface area contributed by atoms with Gasteiger partial charge in [-0.05, 0) is 59.3 Å². The molecule has 0 spiro atoms. The highest BCUT2D eigenvalue weighted by Crippen LogP contribution is 2.33. The van der Waals surface area contributed by atoms with E-state index in [1.54, 1.807) is 48.7 Å². The molecule has 0 fully saturated rings. The fraction of sp³-hybridized carbons (Fsp3) is 0.259. The van der Waals surface area contributed by atoms with Crippen molar-refractivity contribution in [3.63, 3.8) is 0 Å². The first-order chi connectivity index (χ1) is 17.9. The summed E-state index contributed by atoms with van der Waals surface area (Å²) in [5.74, 6) is -1.99. The van der Waals surface area contributed by atoms with Gasteiger partial charge in [0, 0.05) is 24.1 Å². The van der Waals surface area contributed by atoms with E-state index in [0.717, 1.165) is 11.1 Å². The van der Waals surface area contributed by atoms with Gasteiger partial charge >= 0.3 is 0 Å². The topological polar surface area (TPSA) is 77.1 Å². The quantitative estimate of drug-likeness (QED) is 0.270. The Bertz CT molecular complexity index is 1220. The molecule has 0 heterocycles. The van der Waals surface area contributed by atoms with Crippen molar-refractivity contribution in [2.75, 3.05) is 40.2 Å². The highest BCUT2D eigenvalue weighted by atomic mass is 32.2. The summed E-state index contributed by atoms with van der Waals surface area (Å²) in [6.45, 7) is 0.521. The Morgan fingerprint density at radius 3 is 2.41 bits per heavy atom. The maximum Gasteiger partial charge on any atom is 0.263 e. The molecule has 37 heavy (non-hydrogen) atoms. The second-order valence-corrected chi connectivity index (χ2v) is 8.78. The van der Waals surface area contributed by atoms with Gasteiger partial charge in [-0.3, -0.25) is 14.4 Å². The Hall–Kier alpha value is -3.47. The van der Waals surface area contributed by atoms with Gasteiger partial charge in [-0.2, -0.15) is 0 Å². The van der Waals surface area contributed by atoms with Crippen molar-refractivity contribution in [1.29, 1.82) is 0 Å². The molecule has 0 atom stereocenters. The van der Waals surface area contributed by atoms with Gasteiger partial charge in [0.15, 0.2) is 11.6 Å². The number of nitrogens with one attached hydrogen (secondary N) is 1. The summed E-state index contributed by atoms with van der Waals surface area (Å²) in [5.41, 5.74) is 4.70. The smallest absolute Gasteiger partial charge is 0.263 e. The number of benzene rings is 3. The molecular weight excluding hydrogens is 502 g/mol. The van der Waals surface area contributed by atoms with E-state index in [1.807, 2.05) is 6.07 Å². The van der Waals surface area contributed by atoms with Crippen molar-refractivity contribution >= 4 is 23.6 Å². The summed E-state index contributed by atoms with van der Waals surface area (Å²) in [5, 5.41) is 0. The zero-order valence-corrected chi connectivity index (χ0v) is 21.6. The summed E-state index contributed by atoms with van der Waals surface area (Å²) >= 11 is 1.34. The fourth-order valence-electron chi connectivity index (χ4n) is 3.57. The third-order valence-corrected chi connectivity index (χ3v) is 6.17. The molecule has 1 N–H and O–H groups in total. The molecule has 3 aromatic carbocycles. The zero-order valence-electron chi connectivity index (χ0n) is 20.8. The highest BCUT2D eigenvalue weighted by molar-refractivity contribution is 7.98.